The van der Waals surface area contributed by atoms with E-state index in [-0.39, 0.29) is 11.5 Å². The van der Waals surface area contributed by atoms with Crippen molar-refractivity contribution in [2.75, 3.05) is 5.43 Å². The molecule has 0 aliphatic heterocycles. The highest BCUT2D eigenvalue weighted by Gasteiger charge is 2.04. The van der Waals surface area contributed by atoms with Crippen molar-refractivity contribution < 1.29 is 10.2 Å². The van der Waals surface area contributed by atoms with Crippen LogP contribution in [0.25, 0.3) is 10.9 Å². The highest BCUT2D eigenvalue weighted by Crippen LogP contribution is 2.23. The first-order valence-electron chi connectivity index (χ1n) is 7.22. The summed E-state index contributed by atoms with van der Waals surface area (Å²) in [4.78, 5) is 4.58. The van der Waals surface area contributed by atoms with Crippen LogP contribution in [0.5, 0.6) is 11.5 Å². The van der Waals surface area contributed by atoms with Crippen molar-refractivity contribution in [1.29, 1.82) is 0 Å². The fourth-order valence-corrected chi connectivity index (χ4v) is 2.43. The summed E-state index contributed by atoms with van der Waals surface area (Å²) >= 11 is 0. The van der Waals surface area contributed by atoms with E-state index in [1.807, 2.05) is 38.1 Å². The number of hydrogen-bond acceptors (Lipinski definition) is 5. The Kier molecular flexibility index (Phi) is 3.85. The summed E-state index contributed by atoms with van der Waals surface area (Å²) in [5.41, 5.74) is 6.55. The third-order valence-corrected chi connectivity index (χ3v) is 3.64. The molecule has 3 aromatic rings. The maximum Gasteiger partial charge on any atom is 0.147 e. The van der Waals surface area contributed by atoms with Crippen LogP contribution < -0.4 is 5.43 Å². The van der Waals surface area contributed by atoms with Crippen LogP contribution in [0.2, 0.25) is 0 Å². The van der Waals surface area contributed by atoms with Crippen molar-refractivity contribution in [3.63, 3.8) is 0 Å². The zero-order chi connectivity index (χ0) is 16.4. The summed E-state index contributed by atoms with van der Waals surface area (Å²) in [7, 11) is 0. The number of nitrogens with one attached hydrogen (secondary N) is 1. The number of aryl methyl sites for hydroxylation is 2. The van der Waals surface area contributed by atoms with E-state index in [0.717, 1.165) is 22.0 Å². The monoisotopic (exact) mass is 307 g/mol. The Labute approximate surface area is 133 Å². The average molecular weight is 307 g/mol. The molecule has 0 bridgehead atoms. The summed E-state index contributed by atoms with van der Waals surface area (Å²) in [5.74, 6) is 0.614. The molecule has 2 aromatic carbocycles. The number of hydrazone groups is 1. The Balaban J connectivity index is 1.87. The van der Waals surface area contributed by atoms with Crippen LogP contribution in [0.3, 0.4) is 0 Å². The predicted molar refractivity (Wildman–Crippen MR) is 92.2 cm³/mol. The lowest BCUT2D eigenvalue weighted by molar-refractivity contribution is 0.450. The molecule has 0 unspecified atom stereocenters. The van der Waals surface area contributed by atoms with Gasteiger partial charge in [0.15, 0.2) is 0 Å². The Morgan fingerprint density at radius 1 is 1.04 bits per heavy atom. The fourth-order valence-electron chi connectivity index (χ4n) is 2.43. The van der Waals surface area contributed by atoms with Gasteiger partial charge in [-0.1, -0.05) is 18.2 Å². The minimum absolute atomic E-state index is 0.00917. The number of fused-ring (bicyclic) bond motifs is 1. The Morgan fingerprint density at radius 3 is 2.65 bits per heavy atom. The number of hydrogen-bond donors (Lipinski definition) is 3. The maximum atomic E-state index is 9.72. The topological polar surface area (TPSA) is 77.7 Å². The number of phenolic OH excluding ortho intramolecular Hbond substituents is 2. The second kappa shape index (κ2) is 5.96. The number of aromatic nitrogens is 1. The SMILES string of the molecule is Cc1cc(NN=Cc2ccc(O)cc2O)nc2c(C)cccc12. The molecule has 0 spiro atoms. The van der Waals surface area contributed by atoms with Gasteiger partial charge < -0.3 is 10.2 Å². The Bertz CT molecular complexity index is 904. The molecule has 3 N–H and O–H groups in total. The molecule has 0 aliphatic carbocycles. The summed E-state index contributed by atoms with van der Waals surface area (Å²) < 4.78 is 0. The molecule has 116 valence electrons. The van der Waals surface area contributed by atoms with Gasteiger partial charge in [0, 0.05) is 17.0 Å². The van der Waals surface area contributed by atoms with Crippen LogP contribution in [-0.4, -0.2) is 21.4 Å². The molecule has 0 atom stereocenters. The molecule has 0 amide bonds. The summed E-state index contributed by atoms with van der Waals surface area (Å²) in [6.07, 6.45) is 1.48. The van der Waals surface area contributed by atoms with Gasteiger partial charge >= 0.3 is 0 Å². The molecular formula is C18H17N3O2. The van der Waals surface area contributed by atoms with Crippen molar-refractivity contribution >= 4 is 22.9 Å². The van der Waals surface area contributed by atoms with Gasteiger partial charge in [-0.25, -0.2) is 4.98 Å². The third-order valence-electron chi connectivity index (χ3n) is 3.64. The lowest BCUT2D eigenvalue weighted by Crippen LogP contribution is -1.96. The van der Waals surface area contributed by atoms with E-state index in [0.29, 0.717) is 11.4 Å². The van der Waals surface area contributed by atoms with Gasteiger partial charge in [0.25, 0.3) is 0 Å². The van der Waals surface area contributed by atoms with E-state index < -0.39 is 0 Å². The van der Waals surface area contributed by atoms with Crippen LogP contribution in [0.4, 0.5) is 5.82 Å². The number of anilines is 1. The number of aromatic hydroxyl groups is 2. The van der Waals surface area contributed by atoms with Gasteiger partial charge in [0.2, 0.25) is 0 Å². The van der Waals surface area contributed by atoms with Crippen LogP contribution in [0.15, 0.2) is 47.6 Å². The lowest BCUT2D eigenvalue weighted by Gasteiger charge is -2.07. The zero-order valence-corrected chi connectivity index (χ0v) is 12.9. The number of phenols is 2. The predicted octanol–water partition coefficient (Wildman–Crippen LogP) is 3.71. The van der Waals surface area contributed by atoms with E-state index in [9.17, 15) is 10.2 Å². The molecule has 0 saturated heterocycles. The Morgan fingerprint density at radius 2 is 1.87 bits per heavy atom. The van der Waals surface area contributed by atoms with Gasteiger partial charge in [-0.2, -0.15) is 5.10 Å². The summed E-state index contributed by atoms with van der Waals surface area (Å²) in [6.45, 7) is 4.06. The smallest absolute Gasteiger partial charge is 0.147 e. The molecule has 1 heterocycles. The van der Waals surface area contributed by atoms with Crippen LogP contribution >= 0.6 is 0 Å². The molecule has 23 heavy (non-hydrogen) atoms. The lowest BCUT2D eigenvalue weighted by atomic mass is 10.1. The van der Waals surface area contributed by atoms with Crippen LogP contribution in [0, 0.1) is 13.8 Å². The standard InChI is InChI=1S/C18H17N3O2/c1-11-4-3-5-15-12(2)8-17(20-18(11)15)21-19-10-13-6-7-14(22)9-16(13)23/h3-10,22-23H,1-2H3,(H,20,21). The largest absolute Gasteiger partial charge is 0.508 e. The number of pyridine rings is 1. The van der Waals surface area contributed by atoms with E-state index in [4.69, 9.17) is 0 Å². The number of para-hydroxylation sites is 1. The second-order valence-corrected chi connectivity index (χ2v) is 5.41. The summed E-state index contributed by atoms with van der Waals surface area (Å²) in [6, 6.07) is 12.4. The number of nitrogens with zero attached hydrogens (tertiary/aromatic N) is 2. The van der Waals surface area contributed by atoms with Gasteiger partial charge in [0.1, 0.15) is 17.3 Å². The third kappa shape index (κ3) is 3.08. The average Bonchev–Trinajstić information content (AvgIpc) is 2.51. The molecule has 1 aromatic heterocycles. The van der Waals surface area contributed by atoms with Crippen LogP contribution in [-0.2, 0) is 0 Å². The number of rotatable bonds is 3. The molecule has 5 nitrogen and oxygen atoms in total. The van der Waals surface area contributed by atoms with Crippen LogP contribution in [0.1, 0.15) is 16.7 Å². The second-order valence-electron chi connectivity index (χ2n) is 5.41. The minimum Gasteiger partial charge on any atom is -0.508 e. The van der Waals surface area contributed by atoms with E-state index in [2.05, 4.69) is 15.5 Å². The Hall–Kier alpha value is -3.08. The highest BCUT2D eigenvalue weighted by molar-refractivity contribution is 5.87. The van der Waals surface area contributed by atoms with Crippen molar-refractivity contribution in [3.8, 4) is 11.5 Å². The first-order chi connectivity index (χ1) is 11.0. The van der Waals surface area contributed by atoms with Gasteiger partial charge in [-0.3, -0.25) is 5.43 Å². The molecule has 0 radical (unpaired) electrons. The quantitative estimate of drug-likeness (QED) is 0.509. The normalized spacial score (nSPS) is 11.2. The number of benzene rings is 2. The zero-order valence-electron chi connectivity index (χ0n) is 12.9. The van der Waals surface area contributed by atoms with E-state index >= 15 is 0 Å². The summed E-state index contributed by atoms with van der Waals surface area (Å²) in [5, 5.41) is 24.2. The van der Waals surface area contributed by atoms with E-state index in [1.54, 1.807) is 6.07 Å². The maximum absolute atomic E-state index is 9.72. The molecule has 0 saturated carbocycles. The highest BCUT2D eigenvalue weighted by atomic mass is 16.3. The molecule has 0 fully saturated rings. The first kappa shape index (κ1) is 14.8. The molecular weight excluding hydrogens is 290 g/mol. The minimum atomic E-state index is -0.0333. The van der Waals surface area contributed by atoms with Crippen molar-refractivity contribution in [3.05, 3.63) is 59.2 Å². The molecule has 5 heteroatoms. The van der Waals surface area contributed by atoms with Gasteiger partial charge in [0.05, 0.1) is 11.7 Å². The first-order valence-corrected chi connectivity index (χ1v) is 7.22. The van der Waals surface area contributed by atoms with Gasteiger partial charge in [-0.05, 0) is 43.2 Å². The van der Waals surface area contributed by atoms with Crippen molar-refractivity contribution in [2.24, 2.45) is 5.10 Å². The molecule has 0 aliphatic rings. The molecule has 3 rings (SSSR count). The van der Waals surface area contributed by atoms with Crippen molar-refractivity contribution in [2.45, 2.75) is 13.8 Å². The van der Waals surface area contributed by atoms with Gasteiger partial charge in [-0.15, -0.1) is 0 Å². The van der Waals surface area contributed by atoms with Crippen molar-refractivity contribution in [1.82, 2.24) is 4.98 Å². The fraction of sp³-hybridized carbons (Fsp3) is 0.111. The van der Waals surface area contributed by atoms with E-state index in [1.165, 1.54) is 18.3 Å².